The summed E-state index contributed by atoms with van der Waals surface area (Å²) in [6.07, 6.45) is 3.64. The summed E-state index contributed by atoms with van der Waals surface area (Å²) in [5.74, 6) is -0.198. The summed E-state index contributed by atoms with van der Waals surface area (Å²) >= 11 is 0. The SMILES string of the molecule is NC(=O)CCC1(N(Cc2ccccc2)Cc2ccccc2)CC1. The van der Waals surface area contributed by atoms with Gasteiger partial charge >= 0.3 is 0 Å². The molecule has 3 rings (SSSR count). The van der Waals surface area contributed by atoms with Crippen molar-refractivity contribution in [2.45, 2.75) is 44.3 Å². The topological polar surface area (TPSA) is 46.3 Å². The van der Waals surface area contributed by atoms with Crippen LogP contribution >= 0.6 is 0 Å². The largest absolute Gasteiger partial charge is 0.370 e. The fourth-order valence-electron chi connectivity index (χ4n) is 3.22. The maximum absolute atomic E-state index is 11.2. The summed E-state index contributed by atoms with van der Waals surface area (Å²) in [6, 6.07) is 21.1. The molecule has 0 bridgehead atoms. The van der Waals surface area contributed by atoms with E-state index in [1.807, 2.05) is 12.1 Å². The van der Waals surface area contributed by atoms with E-state index in [1.165, 1.54) is 11.1 Å². The van der Waals surface area contributed by atoms with E-state index >= 15 is 0 Å². The molecule has 2 aromatic rings. The van der Waals surface area contributed by atoms with Crippen molar-refractivity contribution >= 4 is 5.91 Å². The molecule has 0 saturated heterocycles. The van der Waals surface area contributed by atoms with Crippen LogP contribution in [0.5, 0.6) is 0 Å². The fraction of sp³-hybridized carbons (Fsp3) is 0.350. The summed E-state index contributed by atoms with van der Waals surface area (Å²) in [7, 11) is 0. The molecule has 0 heterocycles. The van der Waals surface area contributed by atoms with Gasteiger partial charge in [0.25, 0.3) is 0 Å². The van der Waals surface area contributed by atoms with E-state index in [9.17, 15) is 4.79 Å². The van der Waals surface area contributed by atoms with Crippen molar-refractivity contribution in [3.63, 3.8) is 0 Å². The van der Waals surface area contributed by atoms with Gasteiger partial charge in [-0.15, -0.1) is 0 Å². The Labute approximate surface area is 138 Å². The van der Waals surface area contributed by atoms with Crippen LogP contribution in [0.25, 0.3) is 0 Å². The van der Waals surface area contributed by atoms with Crippen molar-refractivity contribution in [3.05, 3.63) is 71.8 Å². The number of nitrogens with two attached hydrogens (primary N) is 1. The lowest BCUT2D eigenvalue weighted by Gasteiger charge is -2.32. The van der Waals surface area contributed by atoms with Crippen LogP contribution in [0, 0.1) is 0 Å². The van der Waals surface area contributed by atoms with Crippen LogP contribution in [0.15, 0.2) is 60.7 Å². The maximum atomic E-state index is 11.2. The van der Waals surface area contributed by atoms with Crippen LogP contribution in [-0.4, -0.2) is 16.3 Å². The summed E-state index contributed by atoms with van der Waals surface area (Å²) in [4.78, 5) is 13.7. The highest BCUT2D eigenvalue weighted by molar-refractivity contribution is 5.73. The molecule has 0 spiro atoms. The number of amides is 1. The predicted molar refractivity (Wildman–Crippen MR) is 92.5 cm³/mol. The van der Waals surface area contributed by atoms with E-state index in [4.69, 9.17) is 5.73 Å². The average molecular weight is 308 g/mol. The number of rotatable bonds is 8. The Balaban J connectivity index is 1.77. The predicted octanol–water partition coefficient (Wildman–Crippen LogP) is 3.49. The van der Waals surface area contributed by atoms with E-state index in [0.717, 1.165) is 32.4 Å². The third-order valence-electron chi connectivity index (χ3n) is 4.77. The van der Waals surface area contributed by atoms with Gasteiger partial charge in [-0.2, -0.15) is 0 Å². The van der Waals surface area contributed by atoms with Crippen molar-refractivity contribution in [2.24, 2.45) is 5.73 Å². The van der Waals surface area contributed by atoms with Gasteiger partial charge in [-0.05, 0) is 30.4 Å². The third-order valence-corrected chi connectivity index (χ3v) is 4.77. The maximum Gasteiger partial charge on any atom is 0.217 e. The van der Waals surface area contributed by atoms with E-state index in [2.05, 4.69) is 53.4 Å². The minimum atomic E-state index is -0.198. The molecule has 1 amide bonds. The lowest BCUT2D eigenvalue weighted by molar-refractivity contribution is -0.118. The number of hydrogen-bond acceptors (Lipinski definition) is 2. The van der Waals surface area contributed by atoms with Crippen LogP contribution < -0.4 is 5.73 Å². The summed E-state index contributed by atoms with van der Waals surface area (Å²) in [5, 5.41) is 0. The Kier molecular flexibility index (Phi) is 4.77. The second kappa shape index (κ2) is 6.97. The summed E-state index contributed by atoms with van der Waals surface area (Å²) in [5.41, 5.74) is 8.14. The van der Waals surface area contributed by atoms with Crippen LogP contribution in [0.1, 0.15) is 36.8 Å². The molecule has 2 aromatic carbocycles. The lowest BCUT2D eigenvalue weighted by Crippen LogP contribution is -2.37. The molecular weight excluding hydrogens is 284 g/mol. The first-order valence-corrected chi connectivity index (χ1v) is 8.29. The van der Waals surface area contributed by atoms with Gasteiger partial charge < -0.3 is 5.73 Å². The van der Waals surface area contributed by atoms with Gasteiger partial charge in [-0.25, -0.2) is 0 Å². The zero-order valence-electron chi connectivity index (χ0n) is 13.4. The standard InChI is InChI=1S/C20H24N2O/c21-19(23)11-12-20(13-14-20)22(15-17-7-3-1-4-8-17)16-18-9-5-2-6-10-18/h1-10H,11-16H2,(H2,21,23). The first-order valence-electron chi connectivity index (χ1n) is 8.29. The minimum Gasteiger partial charge on any atom is -0.370 e. The zero-order valence-corrected chi connectivity index (χ0v) is 13.4. The van der Waals surface area contributed by atoms with Gasteiger partial charge in [0, 0.05) is 25.0 Å². The number of primary amides is 1. The molecule has 120 valence electrons. The molecule has 0 aromatic heterocycles. The molecule has 3 nitrogen and oxygen atoms in total. The van der Waals surface area contributed by atoms with Crippen molar-refractivity contribution < 1.29 is 4.79 Å². The highest BCUT2D eigenvalue weighted by Gasteiger charge is 2.47. The zero-order chi connectivity index (χ0) is 16.1. The minimum absolute atomic E-state index is 0.140. The quantitative estimate of drug-likeness (QED) is 0.811. The second-order valence-electron chi connectivity index (χ2n) is 6.52. The van der Waals surface area contributed by atoms with Gasteiger partial charge in [-0.3, -0.25) is 9.69 Å². The van der Waals surface area contributed by atoms with Crippen molar-refractivity contribution in [1.29, 1.82) is 0 Å². The molecule has 0 radical (unpaired) electrons. The highest BCUT2D eigenvalue weighted by atomic mass is 16.1. The van der Waals surface area contributed by atoms with Crippen LogP contribution in [0.3, 0.4) is 0 Å². The second-order valence-corrected chi connectivity index (χ2v) is 6.52. The first-order chi connectivity index (χ1) is 11.2. The van der Waals surface area contributed by atoms with Gasteiger partial charge in [0.15, 0.2) is 0 Å². The smallest absolute Gasteiger partial charge is 0.217 e. The molecule has 0 unspecified atom stereocenters. The monoisotopic (exact) mass is 308 g/mol. The van der Waals surface area contributed by atoms with Crippen molar-refractivity contribution in [2.75, 3.05) is 0 Å². The van der Waals surface area contributed by atoms with Gasteiger partial charge in [0.2, 0.25) is 5.91 Å². The van der Waals surface area contributed by atoms with Gasteiger partial charge in [0.05, 0.1) is 0 Å². The molecule has 2 N–H and O–H groups in total. The Hall–Kier alpha value is -2.13. The first kappa shape index (κ1) is 15.8. The number of carbonyl (C=O) groups excluding carboxylic acids is 1. The Bertz CT molecular complexity index is 594. The molecule has 1 aliphatic carbocycles. The highest BCUT2D eigenvalue weighted by Crippen LogP contribution is 2.47. The van der Waals surface area contributed by atoms with Crippen LogP contribution in [0.4, 0.5) is 0 Å². The van der Waals surface area contributed by atoms with E-state index < -0.39 is 0 Å². The van der Waals surface area contributed by atoms with Crippen molar-refractivity contribution in [1.82, 2.24) is 4.90 Å². The van der Waals surface area contributed by atoms with Crippen LogP contribution in [-0.2, 0) is 17.9 Å². The molecule has 0 atom stereocenters. The number of hydrogen-bond donors (Lipinski definition) is 1. The Morgan fingerprint density at radius 3 is 1.78 bits per heavy atom. The van der Waals surface area contributed by atoms with Gasteiger partial charge in [0.1, 0.15) is 0 Å². The fourth-order valence-corrected chi connectivity index (χ4v) is 3.22. The molecule has 3 heteroatoms. The Morgan fingerprint density at radius 2 is 1.39 bits per heavy atom. The van der Waals surface area contributed by atoms with E-state index in [-0.39, 0.29) is 11.4 Å². The lowest BCUT2D eigenvalue weighted by atomic mass is 10.0. The molecule has 23 heavy (non-hydrogen) atoms. The number of benzene rings is 2. The molecule has 1 fully saturated rings. The molecular formula is C20H24N2O. The summed E-state index contributed by atoms with van der Waals surface area (Å²) in [6.45, 7) is 1.82. The third kappa shape index (κ3) is 4.20. The number of nitrogens with zero attached hydrogens (tertiary/aromatic N) is 1. The van der Waals surface area contributed by atoms with E-state index in [1.54, 1.807) is 0 Å². The number of carbonyl (C=O) groups is 1. The molecule has 1 aliphatic rings. The summed E-state index contributed by atoms with van der Waals surface area (Å²) < 4.78 is 0. The van der Waals surface area contributed by atoms with Crippen LogP contribution in [0.2, 0.25) is 0 Å². The average Bonchev–Trinajstić information content (AvgIpc) is 3.36. The van der Waals surface area contributed by atoms with Gasteiger partial charge in [-0.1, -0.05) is 60.7 Å². The Morgan fingerprint density at radius 1 is 0.913 bits per heavy atom. The van der Waals surface area contributed by atoms with Crippen molar-refractivity contribution in [3.8, 4) is 0 Å². The molecule has 1 saturated carbocycles. The molecule has 0 aliphatic heterocycles. The normalized spacial score (nSPS) is 15.5. The van der Waals surface area contributed by atoms with E-state index in [0.29, 0.717) is 6.42 Å².